The number of anilines is 1. The van der Waals surface area contributed by atoms with Crippen molar-refractivity contribution in [1.29, 1.82) is 0 Å². The van der Waals surface area contributed by atoms with Gasteiger partial charge in [-0.25, -0.2) is 24.3 Å². The van der Waals surface area contributed by atoms with Crippen LogP contribution in [0.25, 0.3) is 16.9 Å². The number of nitrogens with zero attached hydrogens (tertiary/aromatic N) is 5. The van der Waals surface area contributed by atoms with E-state index in [9.17, 15) is 4.39 Å². The van der Waals surface area contributed by atoms with Crippen LogP contribution in [0.5, 0.6) is 0 Å². The normalized spacial score (nSPS) is 11.0. The van der Waals surface area contributed by atoms with Crippen LogP contribution in [0, 0.1) is 5.82 Å². The summed E-state index contributed by atoms with van der Waals surface area (Å²) in [5.41, 5.74) is 2.58. The summed E-state index contributed by atoms with van der Waals surface area (Å²) in [5, 5.41) is 3.16. The third-order valence-corrected chi connectivity index (χ3v) is 3.48. The van der Waals surface area contributed by atoms with Crippen LogP contribution >= 0.6 is 0 Å². The minimum atomic E-state index is -0.309. The van der Waals surface area contributed by atoms with Gasteiger partial charge in [-0.3, -0.25) is 0 Å². The third kappa shape index (κ3) is 2.50. The molecule has 0 aliphatic rings. The second kappa shape index (κ2) is 5.48. The van der Waals surface area contributed by atoms with Crippen LogP contribution in [-0.2, 0) is 6.54 Å². The lowest BCUT2D eigenvalue weighted by atomic mass is 10.2. The fourth-order valence-electron chi connectivity index (χ4n) is 2.36. The Morgan fingerprint density at radius 3 is 3.00 bits per heavy atom. The molecule has 3 heterocycles. The van der Waals surface area contributed by atoms with Gasteiger partial charge in [-0.2, -0.15) is 0 Å². The van der Waals surface area contributed by atoms with E-state index in [1.54, 1.807) is 35.7 Å². The molecule has 2 N–H and O–H groups in total. The monoisotopic (exact) mass is 309 g/mol. The number of nitrogens with one attached hydrogen (secondary N) is 2. The molecule has 0 spiro atoms. The molecule has 0 fully saturated rings. The van der Waals surface area contributed by atoms with Crippen molar-refractivity contribution in [2.45, 2.75) is 6.54 Å². The molecule has 23 heavy (non-hydrogen) atoms. The molecule has 114 valence electrons. The predicted molar refractivity (Wildman–Crippen MR) is 82.5 cm³/mol. The molecule has 0 saturated carbocycles. The molecule has 0 saturated heterocycles. The number of aromatic amines is 1. The second-order valence-corrected chi connectivity index (χ2v) is 4.93. The molecular weight excluding hydrogens is 297 g/mol. The summed E-state index contributed by atoms with van der Waals surface area (Å²) in [5.74, 6) is 0.322. The van der Waals surface area contributed by atoms with Gasteiger partial charge in [0.05, 0.1) is 18.3 Å². The van der Waals surface area contributed by atoms with E-state index in [0.717, 1.165) is 11.1 Å². The van der Waals surface area contributed by atoms with Crippen LogP contribution in [-0.4, -0.2) is 29.5 Å². The van der Waals surface area contributed by atoms with Crippen LogP contribution < -0.4 is 5.32 Å². The van der Waals surface area contributed by atoms with Crippen molar-refractivity contribution in [3.63, 3.8) is 0 Å². The Morgan fingerprint density at radius 1 is 1.22 bits per heavy atom. The summed E-state index contributed by atoms with van der Waals surface area (Å²) in [6.07, 6.45) is 7.87. The van der Waals surface area contributed by atoms with Gasteiger partial charge in [0.15, 0.2) is 11.5 Å². The lowest BCUT2D eigenvalue weighted by molar-refractivity contribution is 0.616. The minimum Gasteiger partial charge on any atom is -0.364 e. The van der Waals surface area contributed by atoms with Crippen molar-refractivity contribution in [3.05, 3.63) is 61.0 Å². The van der Waals surface area contributed by atoms with Crippen LogP contribution in [0.3, 0.4) is 0 Å². The van der Waals surface area contributed by atoms with E-state index in [1.807, 2.05) is 6.07 Å². The summed E-state index contributed by atoms with van der Waals surface area (Å²) in [6, 6.07) is 5.07. The summed E-state index contributed by atoms with van der Waals surface area (Å²) >= 11 is 0. The van der Waals surface area contributed by atoms with Gasteiger partial charge in [0.25, 0.3) is 0 Å². The highest BCUT2D eigenvalue weighted by atomic mass is 19.1. The number of aromatic nitrogens is 6. The first-order valence-corrected chi connectivity index (χ1v) is 6.96. The van der Waals surface area contributed by atoms with Gasteiger partial charge in [0.1, 0.15) is 17.7 Å². The summed E-state index contributed by atoms with van der Waals surface area (Å²) in [6.45, 7) is 0.437. The minimum absolute atomic E-state index is 0.309. The molecule has 0 unspecified atom stereocenters. The van der Waals surface area contributed by atoms with Crippen molar-refractivity contribution in [2.24, 2.45) is 0 Å². The van der Waals surface area contributed by atoms with E-state index in [0.29, 0.717) is 23.7 Å². The van der Waals surface area contributed by atoms with Crippen LogP contribution in [0.2, 0.25) is 0 Å². The van der Waals surface area contributed by atoms with Crippen molar-refractivity contribution in [2.75, 3.05) is 5.32 Å². The number of rotatable bonds is 4. The standard InChI is InChI=1S/C15H12FN7/c16-11-5-10(1-2-12(11)23-4-3-17-9-23)6-18-14-13-15(20-7-19-13)22-8-21-14/h1-5,7-9H,6H2,(H2,18,19,20,21,22). The molecule has 3 aromatic heterocycles. The van der Waals surface area contributed by atoms with Gasteiger partial charge in [0, 0.05) is 18.9 Å². The van der Waals surface area contributed by atoms with Gasteiger partial charge in [-0.15, -0.1) is 0 Å². The van der Waals surface area contributed by atoms with Crippen molar-refractivity contribution in [1.82, 2.24) is 29.5 Å². The largest absolute Gasteiger partial charge is 0.364 e. The van der Waals surface area contributed by atoms with E-state index in [1.165, 1.54) is 12.4 Å². The Bertz CT molecular complexity index is 946. The highest BCUT2D eigenvalue weighted by Gasteiger charge is 2.08. The van der Waals surface area contributed by atoms with Crippen LogP contribution in [0.1, 0.15) is 5.56 Å². The van der Waals surface area contributed by atoms with Gasteiger partial charge >= 0.3 is 0 Å². The maximum Gasteiger partial charge on any atom is 0.182 e. The molecule has 1 aromatic carbocycles. The molecule has 8 heteroatoms. The SMILES string of the molecule is Fc1cc(CNc2ncnc3nc[nH]c23)ccc1-n1ccnc1. The number of fused-ring (bicyclic) bond motifs is 1. The van der Waals surface area contributed by atoms with Crippen molar-refractivity contribution in [3.8, 4) is 5.69 Å². The van der Waals surface area contributed by atoms with E-state index < -0.39 is 0 Å². The van der Waals surface area contributed by atoms with Gasteiger partial charge in [0.2, 0.25) is 0 Å². The number of hydrogen-bond acceptors (Lipinski definition) is 5. The maximum atomic E-state index is 14.2. The zero-order valence-corrected chi connectivity index (χ0v) is 11.9. The average Bonchev–Trinajstić information content (AvgIpc) is 3.24. The zero-order valence-electron chi connectivity index (χ0n) is 11.9. The molecule has 4 rings (SSSR count). The summed E-state index contributed by atoms with van der Waals surface area (Å²) < 4.78 is 15.9. The molecule has 0 radical (unpaired) electrons. The molecule has 0 bridgehead atoms. The van der Waals surface area contributed by atoms with Crippen LogP contribution in [0.4, 0.5) is 10.2 Å². The Hall–Kier alpha value is -3.29. The number of halogens is 1. The smallest absolute Gasteiger partial charge is 0.182 e. The zero-order chi connectivity index (χ0) is 15.6. The molecule has 4 aromatic rings. The quantitative estimate of drug-likeness (QED) is 0.604. The maximum absolute atomic E-state index is 14.2. The lowest BCUT2D eigenvalue weighted by Crippen LogP contribution is -2.04. The first-order chi connectivity index (χ1) is 11.3. The number of H-pyrrole nitrogens is 1. The van der Waals surface area contributed by atoms with Gasteiger partial charge in [-0.05, 0) is 17.7 Å². The Balaban J connectivity index is 1.55. The second-order valence-electron chi connectivity index (χ2n) is 4.93. The van der Waals surface area contributed by atoms with Gasteiger partial charge < -0.3 is 14.9 Å². The Morgan fingerprint density at radius 2 is 2.17 bits per heavy atom. The molecule has 0 amide bonds. The summed E-state index contributed by atoms with van der Waals surface area (Å²) in [4.78, 5) is 19.2. The fourth-order valence-corrected chi connectivity index (χ4v) is 2.36. The van der Waals surface area contributed by atoms with Crippen LogP contribution in [0.15, 0.2) is 49.6 Å². The molecule has 7 nitrogen and oxygen atoms in total. The molecule has 0 aliphatic carbocycles. The van der Waals surface area contributed by atoms with Crippen molar-refractivity contribution >= 4 is 17.0 Å². The Kier molecular flexibility index (Phi) is 3.19. The Labute approximate surface area is 130 Å². The van der Waals surface area contributed by atoms with E-state index >= 15 is 0 Å². The van der Waals surface area contributed by atoms with Crippen molar-refractivity contribution < 1.29 is 4.39 Å². The molecular formula is C15H12FN7. The molecule has 0 aliphatic heterocycles. The first-order valence-electron chi connectivity index (χ1n) is 6.96. The number of benzene rings is 1. The fraction of sp³-hybridized carbons (Fsp3) is 0.0667. The first kappa shape index (κ1) is 13.4. The van der Waals surface area contributed by atoms with E-state index in [4.69, 9.17) is 0 Å². The van der Waals surface area contributed by atoms with E-state index in [2.05, 4.69) is 30.2 Å². The number of hydrogen-bond donors (Lipinski definition) is 2. The predicted octanol–water partition coefficient (Wildman–Crippen LogP) is 2.29. The molecule has 0 atom stereocenters. The highest BCUT2D eigenvalue weighted by Crippen LogP contribution is 2.18. The lowest BCUT2D eigenvalue weighted by Gasteiger charge is -2.09. The highest BCUT2D eigenvalue weighted by molar-refractivity contribution is 5.81. The topological polar surface area (TPSA) is 84.3 Å². The summed E-state index contributed by atoms with van der Waals surface area (Å²) in [7, 11) is 0. The average molecular weight is 309 g/mol. The number of imidazole rings is 2. The third-order valence-electron chi connectivity index (χ3n) is 3.48. The van der Waals surface area contributed by atoms with Gasteiger partial charge in [-0.1, -0.05) is 6.07 Å². The van der Waals surface area contributed by atoms with E-state index in [-0.39, 0.29) is 5.82 Å².